The number of aromatic hydroxyl groups is 1. The van der Waals surface area contributed by atoms with Gasteiger partial charge in [0.1, 0.15) is 6.26 Å². The SMILES string of the molecule is O=Cc1nn(-c2ccon2)cc1O. The van der Waals surface area contributed by atoms with Crippen LogP contribution in [0.1, 0.15) is 10.5 Å². The highest BCUT2D eigenvalue weighted by molar-refractivity contribution is 5.75. The highest BCUT2D eigenvalue weighted by atomic mass is 16.5. The first-order chi connectivity index (χ1) is 6.31. The summed E-state index contributed by atoms with van der Waals surface area (Å²) in [6.45, 7) is 0. The molecule has 6 nitrogen and oxygen atoms in total. The van der Waals surface area contributed by atoms with E-state index in [0.717, 1.165) is 0 Å². The minimum Gasteiger partial charge on any atom is -0.504 e. The van der Waals surface area contributed by atoms with Gasteiger partial charge in [0.05, 0.1) is 6.20 Å². The van der Waals surface area contributed by atoms with E-state index < -0.39 is 0 Å². The van der Waals surface area contributed by atoms with Crippen molar-refractivity contribution >= 4 is 6.29 Å². The zero-order chi connectivity index (χ0) is 9.26. The summed E-state index contributed by atoms with van der Waals surface area (Å²) in [4.78, 5) is 10.3. The largest absolute Gasteiger partial charge is 0.504 e. The summed E-state index contributed by atoms with van der Waals surface area (Å²) in [7, 11) is 0. The molecular formula is C7H5N3O3. The summed E-state index contributed by atoms with van der Waals surface area (Å²) in [6.07, 6.45) is 3.11. The molecule has 2 heterocycles. The minimum absolute atomic E-state index is 0.0250. The summed E-state index contributed by atoms with van der Waals surface area (Å²) in [5.74, 6) is 0.224. The van der Waals surface area contributed by atoms with Gasteiger partial charge in [-0.3, -0.25) is 4.79 Å². The van der Waals surface area contributed by atoms with Gasteiger partial charge in [0, 0.05) is 6.07 Å². The van der Waals surface area contributed by atoms with Gasteiger partial charge in [-0.25, -0.2) is 4.68 Å². The van der Waals surface area contributed by atoms with Crippen molar-refractivity contribution in [3.8, 4) is 11.6 Å². The maximum Gasteiger partial charge on any atom is 0.196 e. The van der Waals surface area contributed by atoms with Gasteiger partial charge in [0.15, 0.2) is 23.5 Å². The van der Waals surface area contributed by atoms with Crippen molar-refractivity contribution in [1.82, 2.24) is 14.9 Å². The third kappa shape index (κ3) is 1.18. The molecule has 2 aromatic heterocycles. The number of aldehydes is 1. The molecule has 0 saturated heterocycles. The monoisotopic (exact) mass is 179 g/mol. The van der Waals surface area contributed by atoms with E-state index in [0.29, 0.717) is 12.1 Å². The molecule has 0 fully saturated rings. The molecular weight excluding hydrogens is 174 g/mol. The van der Waals surface area contributed by atoms with E-state index in [1.54, 1.807) is 6.07 Å². The number of carbonyl (C=O) groups is 1. The van der Waals surface area contributed by atoms with Gasteiger partial charge >= 0.3 is 0 Å². The molecule has 2 aromatic rings. The van der Waals surface area contributed by atoms with E-state index in [2.05, 4.69) is 14.8 Å². The van der Waals surface area contributed by atoms with Crippen LogP contribution in [0.15, 0.2) is 23.0 Å². The summed E-state index contributed by atoms with van der Waals surface area (Å²) >= 11 is 0. The third-order valence-electron chi connectivity index (χ3n) is 1.49. The summed E-state index contributed by atoms with van der Waals surface area (Å²) in [5, 5.41) is 16.5. The molecule has 0 unspecified atom stereocenters. The average molecular weight is 179 g/mol. The first-order valence-electron chi connectivity index (χ1n) is 3.46. The van der Waals surface area contributed by atoms with Crippen LogP contribution in [0, 0.1) is 0 Å². The zero-order valence-electron chi connectivity index (χ0n) is 6.41. The maximum absolute atomic E-state index is 10.3. The highest BCUT2D eigenvalue weighted by Gasteiger charge is 2.08. The van der Waals surface area contributed by atoms with Crippen molar-refractivity contribution in [3.05, 3.63) is 24.2 Å². The summed E-state index contributed by atoms with van der Waals surface area (Å²) in [5.41, 5.74) is -0.0250. The lowest BCUT2D eigenvalue weighted by atomic mass is 10.4. The lowest BCUT2D eigenvalue weighted by Gasteiger charge is -1.89. The molecule has 6 heteroatoms. The van der Waals surface area contributed by atoms with Crippen molar-refractivity contribution in [3.63, 3.8) is 0 Å². The van der Waals surface area contributed by atoms with E-state index in [4.69, 9.17) is 5.11 Å². The molecule has 0 bridgehead atoms. The molecule has 0 aromatic carbocycles. The predicted octanol–water partition coefficient (Wildman–Crippen LogP) is 0.378. The third-order valence-corrected chi connectivity index (χ3v) is 1.49. The normalized spacial score (nSPS) is 10.2. The highest BCUT2D eigenvalue weighted by Crippen LogP contribution is 2.14. The van der Waals surface area contributed by atoms with Gasteiger partial charge in [-0.15, -0.1) is 0 Å². The van der Waals surface area contributed by atoms with Gasteiger partial charge in [-0.1, -0.05) is 5.16 Å². The van der Waals surface area contributed by atoms with Gasteiger partial charge < -0.3 is 9.63 Å². The van der Waals surface area contributed by atoms with Crippen LogP contribution in [0.3, 0.4) is 0 Å². The molecule has 2 rings (SSSR count). The molecule has 0 amide bonds. The summed E-state index contributed by atoms with van der Waals surface area (Å²) < 4.78 is 5.82. The van der Waals surface area contributed by atoms with Gasteiger partial charge in [-0.2, -0.15) is 5.10 Å². The Kier molecular flexibility index (Phi) is 1.59. The van der Waals surface area contributed by atoms with Crippen LogP contribution >= 0.6 is 0 Å². The second-order valence-corrected chi connectivity index (χ2v) is 2.32. The predicted molar refractivity (Wildman–Crippen MR) is 40.7 cm³/mol. The summed E-state index contributed by atoms with van der Waals surface area (Å²) in [6, 6.07) is 1.56. The second kappa shape index (κ2) is 2.74. The smallest absolute Gasteiger partial charge is 0.196 e. The van der Waals surface area contributed by atoms with Crippen molar-refractivity contribution < 1.29 is 14.4 Å². The van der Waals surface area contributed by atoms with Crippen LogP contribution in [-0.2, 0) is 0 Å². The standard InChI is InChI=1S/C7H5N3O3/c11-4-5-6(12)3-10(8-5)7-1-2-13-9-7/h1-4,12H. The van der Waals surface area contributed by atoms with Crippen LogP contribution in [0.2, 0.25) is 0 Å². The minimum atomic E-state index is -0.182. The molecule has 0 spiro atoms. The van der Waals surface area contributed by atoms with Crippen molar-refractivity contribution in [2.75, 3.05) is 0 Å². The van der Waals surface area contributed by atoms with Crippen LogP contribution in [-0.4, -0.2) is 26.3 Å². The van der Waals surface area contributed by atoms with Crippen LogP contribution in [0.5, 0.6) is 5.75 Å². The fourth-order valence-corrected chi connectivity index (χ4v) is 0.904. The Hall–Kier alpha value is -2.11. The number of nitrogens with zero attached hydrogens (tertiary/aromatic N) is 3. The molecule has 0 saturated carbocycles. The van der Waals surface area contributed by atoms with E-state index in [1.165, 1.54) is 17.1 Å². The molecule has 0 aliphatic heterocycles. The Bertz CT molecular complexity index is 418. The van der Waals surface area contributed by atoms with Gasteiger partial charge in [-0.05, 0) is 0 Å². The number of carbonyl (C=O) groups excluding carboxylic acids is 1. The molecule has 0 aliphatic carbocycles. The van der Waals surface area contributed by atoms with E-state index in [1.807, 2.05) is 0 Å². The van der Waals surface area contributed by atoms with Crippen LogP contribution in [0.4, 0.5) is 0 Å². The quantitative estimate of drug-likeness (QED) is 0.674. The Morgan fingerprint density at radius 3 is 3.00 bits per heavy atom. The molecule has 0 radical (unpaired) electrons. The number of aromatic nitrogens is 3. The van der Waals surface area contributed by atoms with E-state index >= 15 is 0 Å². The lowest BCUT2D eigenvalue weighted by molar-refractivity contribution is 0.111. The zero-order valence-corrected chi connectivity index (χ0v) is 6.41. The Morgan fingerprint density at radius 2 is 2.46 bits per heavy atom. The fourth-order valence-electron chi connectivity index (χ4n) is 0.904. The first kappa shape index (κ1) is 7.53. The number of hydrogen-bond donors (Lipinski definition) is 1. The van der Waals surface area contributed by atoms with Gasteiger partial charge in [0.2, 0.25) is 0 Å². The molecule has 1 N–H and O–H groups in total. The molecule has 66 valence electrons. The lowest BCUT2D eigenvalue weighted by Crippen LogP contribution is -1.95. The average Bonchev–Trinajstić information content (AvgIpc) is 2.71. The Labute approximate surface area is 72.4 Å². The number of rotatable bonds is 2. The first-order valence-corrected chi connectivity index (χ1v) is 3.46. The van der Waals surface area contributed by atoms with E-state index in [-0.39, 0.29) is 11.4 Å². The Balaban J connectivity index is 2.48. The van der Waals surface area contributed by atoms with E-state index in [9.17, 15) is 4.79 Å². The van der Waals surface area contributed by atoms with Crippen molar-refractivity contribution in [1.29, 1.82) is 0 Å². The number of hydrogen-bond acceptors (Lipinski definition) is 5. The topological polar surface area (TPSA) is 81.2 Å². The Morgan fingerprint density at radius 1 is 1.62 bits per heavy atom. The second-order valence-electron chi connectivity index (χ2n) is 2.32. The molecule has 0 atom stereocenters. The maximum atomic E-state index is 10.3. The van der Waals surface area contributed by atoms with Gasteiger partial charge in [0.25, 0.3) is 0 Å². The van der Waals surface area contributed by atoms with Crippen molar-refractivity contribution in [2.24, 2.45) is 0 Å². The van der Waals surface area contributed by atoms with Crippen LogP contribution < -0.4 is 0 Å². The fraction of sp³-hybridized carbons (Fsp3) is 0. The molecule has 13 heavy (non-hydrogen) atoms. The van der Waals surface area contributed by atoms with Crippen LogP contribution in [0.25, 0.3) is 5.82 Å². The van der Waals surface area contributed by atoms with Crippen molar-refractivity contribution in [2.45, 2.75) is 0 Å². The molecule has 0 aliphatic rings.